The predicted octanol–water partition coefficient (Wildman–Crippen LogP) is 2.11. The lowest BCUT2D eigenvalue weighted by molar-refractivity contribution is -0.148. The van der Waals surface area contributed by atoms with Crippen LogP contribution in [0.15, 0.2) is 24.3 Å². The van der Waals surface area contributed by atoms with Gasteiger partial charge in [-0.25, -0.2) is 0 Å². The lowest BCUT2D eigenvalue weighted by atomic mass is 9.74. The predicted molar refractivity (Wildman–Crippen MR) is 56.5 cm³/mol. The third-order valence-electron chi connectivity index (χ3n) is 3.75. The molecule has 0 aromatic heterocycles. The Bertz CT molecular complexity index is 424. The van der Waals surface area contributed by atoms with Crippen LogP contribution < -0.4 is 0 Å². The molecule has 15 heavy (non-hydrogen) atoms. The lowest BCUT2D eigenvalue weighted by Gasteiger charge is -2.35. The molecule has 2 atom stereocenters. The van der Waals surface area contributed by atoms with Crippen LogP contribution in [-0.4, -0.2) is 11.6 Å². The van der Waals surface area contributed by atoms with E-state index in [0.29, 0.717) is 12.3 Å². The van der Waals surface area contributed by atoms with E-state index < -0.39 is 0 Å². The minimum Gasteiger partial charge on any atom is -0.459 e. The Morgan fingerprint density at radius 2 is 2.00 bits per heavy atom. The molecular formula is C13H14O2. The first-order chi connectivity index (χ1) is 7.17. The van der Waals surface area contributed by atoms with Crippen molar-refractivity contribution in [3.8, 4) is 0 Å². The summed E-state index contributed by atoms with van der Waals surface area (Å²) >= 11 is 0. The molecule has 1 aliphatic carbocycles. The van der Waals surface area contributed by atoms with Crippen molar-refractivity contribution in [3.05, 3.63) is 35.4 Å². The second-order valence-corrected chi connectivity index (χ2v) is 4.84. The molecule has 0 amide bonds. The molecule has 0 saturated carbocycles. The summed E-state index contributed by atoms with van der Waals surface area (Å²) in [6.07, 6.45) is 2.45. The Morgan fingerprint density at radius 3 is 2.80 bits per heavy atom. The number of ether oxygens (including phenoxy) is 1. The molecule has 1 heterocycles. The van der Waals surface area contributed by atoms with E-state index in [-0.39, 0.29) is 11.6 Å². The summed E-state index contributed by atoms with van der Waals surface area (Å²) in [4.78, 5) is 11.3. The number of benzene rings is 1. The molecule has 1 fully saturated rings. The van der Waals surface area contributed by atoms with E-state index in [0.717, 1.165) is 12.8 Å². The van der Waals surface area contributed by atoms with E-state index in [9.17, 15) is 4.79 Å². The van der Waals surface area contributed by atoms with Gasteiger partial charge < -0.3 is 4.74 Å². The maximum Gasteiger partial charge on any atom is 0.306 e. The van der Waals surface area contributed by atoms with E-state index >= 15 is 0 Å². The first kappa shape index (κ1) is 8.96. The third kappa shape index (κ3) is 1.28. The standard InChI is InChI=1S/C13H14O2/c1-13-8-10-5-3-2-4-9(10)6-11(13)7-12(14)15-13/h2-5,11H,6-8H2,1H3. The molecule has 1 aliphatic heterocycles. The van der Waals surface area contributed by atoms with Crippen LogP contribution in [0.1, 0.15) is 24.5 Å². The van der Waals surface area contributed by atoms with Crippen molar-refractivity contribution in [1.29, 1.82) is 0 Å². The lowest BCUT2D eigenvalue weighted by Crippen LogP contribution is -2.39. The van der Waals surface area contributed by atoms with Gasteiger partial charge >= 0.3 is 5.97 Å². The zero-order chi connectivity index (χ0) is 10.5. The van der Waals surface area contributed by atoms with Gasteiger partial charge in [-0.3, -0.25) is 4.79 Å². The van der Waals surface area contributed by atoms with Gasteiger partial charge in [0.2, 0.25) is 0 Å². The average Bonchev–Trinajstić information content (AvgIpc) is 2.47. The summed E-state index contributed by atoms with van der Waals surface area (Å²) in [5.74, 6) is 0.343. The summed E-state index contributed by atoms with van der Waals surface area (Å²) in [7, 11) is 0. The highest BCUT2D eigenvalue weighted by Gasteiger charge is 2.47. The highest BCUT2D eigenvalue weighted by Crippen LogP contribution is 2.42. The maximum absolute atomic E-state index is 11.3. The topological polar surface area (TPSA) is 26.3 Å². The van der Waals surface area contributed by atoms with Crippen LogP contribution in [0.3, 0.4) is 0 Å². The molecule has 1 aromatic rings. The summed E-state index contributed by atoms with van der Waals surface area (Å²) in [5.41, 5.74) is 2.48. The number of fused-ring (bicyclic) bond motifs is 2. The first-order valence-corrected chi connectivity index (χ1v) is 5.46. The molecular weight excluding hydrogens is 188 g/mol. The SMILES string of the molecule is CC12Cc3ccccc3CC1CC(=O)O2. The Hall–Kier alpha value is -1.31. The van der Waals surface area contributed by atoms with Crippen molar-refractivity contribution in [2.24, 2.45) is 5.92 Å². The van der Waals surface area contributed by atoms with Gasteiger partial charge in [0.15, 0.2) is 0 Å². The van der Waals surface area contributed by atoms with Crippen molar-refractivity contribution in [2.75, 3.05) is 0 Å². The third-order valence-corrected chi connectivity index (χ3v) is 3.75. The summed E-state index contributed by atoms with van der Waals surface area (Å²) in [6, 6.07) is 8.43. The molecule has 3 rings (SSSR count). The largest absolute Gasteiger partial charge is 0.459 e. The van der Waals surface area contributed by atoms with E-state index in [1.165, 1.54) is 11.1 Å². The molecule has 0 spiro atoms. The number of carbonyl (C=O) groups is 1. The number of hydrogen-bond acceptors (Lipinski definition) is 2. The molecule has 2 aliphatic rings. The van der Waals surface area contributed by atoms with E-state index in [4.69, 9.17) is 4.74 Å². The van der Waals surface area contributed by atoms with E-state index in [2.05, 4.69) is 31.2 Å². The van der Waals surface area contributed by atoms with Gasteiger partial charge in [0.1, 0.15) is 5.60 Å². The summed E-state index contributed by atoms with van der Waals surface area (Å²) in [5, 5.41) is 0. The van der Waals surface area contributed by atoms with Gasteiger partial charge in [0, 0.05) is 12.3 Å². The smallest absolute Gasteiger partial charge is 0.306 e. The second-order valence-electron chi connectivity index (χ2n) is 4.84. The molecule has 0 radical (unpaired) electrons. The molecule has 0 bridgehead atoms. The Morgan fingerprint density at radius 1 is 1.27 bits per heavy atom. The van der Waals surface area contributed by atoms with Crippen molar-refractivity contribution >= 4 is 5.97 Å². The fraction of sp³-hybridized carbons (Fsp3) is 0.462. The Balaban J connectivity index is 2.02. The highest BCUT2D eigenvalue weighted by molar-refractivity contribution is 5.73. The van der Waals surface area contributed by atoms with Gasteiger partial charge in [0.25, 0.3) is 0 Å². The van der Waals surface area contributed by atoms with Crippen LogP contribution in [0.25, 0.3) is 0 Å². The summed E-state index contributed by atoms with van der Waals surface area (Å²) < 4.78 is 5.47. The molecule has 1 saturated heterocycles. The molecule has 2 nitrogen and oxygen atoms in total. The Labute approximate surface area is 89.2 Å². The van der Waals surface area contributed by atoms with Crippen LogP contribution in [0.5, 0.6) is 0 Å². The highest BCUT2D eigenvalue weighted by atomic mass is 16.6. The van der Waals surface area contributed by atoms with Crippen LogP contribution >= 0.6 is 0 Å². The minimum atomic E-state index is -0.245. The molecule has 0 N–H and O–H groups in total. The number of hydrogen-bond donors (Lipinski definition) is 0. The van der Waals surface area contributed by atoms with Crippen LogP contribution in [0.2, 0.25) is 0 Å². The summed E-state index contributed by atoms with van der Waals surface area (Å²) in [6.45, 7) is 2.07. The van der Waals surface area contributed by atoms with E-state index in [1.807, 2.05) is 0 Å². The van der Waals surface area contributed by atoms with Crippen molar-refractivity contribution < 1.29 is 9.53 Å². The van der Waals surface area contributed by atoms with Crippen LogP contribution in [0.4, 0.5) is 0 Å². The molecule has 2 heteroatoms. The fourth-order valence-corrected chi connectivity index (χ4v) is 2.84. The van der Waals surface area contributed by atoms with Crippen molar-refractivity contribution in [2.45, 2.75) is 31.8 Å². The molecule has 1 aromatic carbocycles. The zero-order valence-electron chi connectivity index (χ0n) is 8.82. The fourth-order valence-electron chi connectivity index (χ4n) is 2.84. The van der Waals surface area contributed by atoms with Gasteiger partial charge in [-0.15, -0.1) is 0 Å². The number of carbonyl (C=O) groups excluding carboxylic acids is 1. The second kappa shape index (κ2) is 2.84. The van der Waals surface area contributed by atoms with Gasteiger partial charge in [-0.1, -0.05) is 24.3 Å². The minimum absolute atomic E-state index is 0.0321. The van der Waals surface area contributed by atoms with E-state index in [1.54, 1.807) is 0 Å². The average molecular weight is 202 g/mol. The van der Waals surface area contributed by atoms with Gasteiger partial charge in [-0.2, -0.15) is 0 Å². The Kier molecular flexibility index (Phi) is 1.70. The van der Waals surface area contributed by atoms with Gasteiger partial charge in [-0.05, 0) is 24.5 Å². The molecule has 78 valence electrons. The number of rotatable bonds is 0. The first-order valence-electron chi connectivity index (χ1n) is 5.46. The van der Waals surface area contributed by atoms with Crippen molar-refractivity contribution in [3.63, 3.8) is 0 Å². The number of esters is 1. The normalized spacial score (nSPS) is 33.1. The zero-order valence-corrected chi connectivity index (χ0v) is 8.82. The van der Waals surface area contributed by atoms with Crippen LogP contribution in [-0.2, 0) is 22.4 Å². The quantitative estimate of drug-likeness (QED) is 0.602. The maximum atomic E-state index is 11.3. The van der Waals surface area contributed by atoms with Gasteiger partial charge in [0.05, 0.1) is 6.42 Å². The molecule has 2 unspecified atom stereocenters. The van der Waals surface area contributed by atoms with Crippen molar-refractivity contribution in [1.82, 2.24) is 0 Å². The monoisotopic (exact) mass is 202 g/mol. The van der Waals surface area contributed by atoms with Crippen LogP contribution in [0, 0.1) is 5.92 Å².